The summed E-state index contributed by atoms with van der Waals surface area (Å²) in [6.07, 6.45) is 2.18. The zero-order chi connectivity index (χ0) is 18.3. The summed E-state index contributed by atoms with van der Waals surface area (Å²) < 4.78 is 7.49. The van der Waals surface area contributed by atoms with Gasteiger partial charge in [-0.1, -0.05) is 12.1 Å². The Bertz CT molecular complexity index is 975. The Kier molecular flexibility index (Phi) is 4.32. The van der Waals surface area contributed by atoms with E-state index < -0.39 is 0 Å². The number of carbonyl (C=O) groups excluding carboxylic acids is 1. The first-order valence-corrected chi connectivity index (χ1v) is 9.01. The van der Waals surface area contributed by atoms with E-state index in [1.807, 2.05) is 4.90 Å². The molecular weight excluding hydrogens is 330 g/mol. The maximum Gasteiger partial charge on any atom is 0.219 e. The third kappa shape index (κ3) is 2.92. The van der Waals surface area contributed by atoms with Crippen molar-refractivity contribution in [3.63, 3.8) is 0 Å². The van der Waals surface area contributed by atoms with E-state index in [-0.39, 0.29) is 12.0 Å². The average Bonchev–Trinajstić information content (AvgIpc) is 3.29. The minimum Gasteiger partial charge on any atom is -0.376 e. The van der Waals surface area contributed by atoms with E-state index in [4.69, 9.17) is 4.74 Å². The van der Waals surface area contributed by atoms with Crippen molar-refractivity contribution in [3.8, 4) is 0 Å². The second-order valence-electron chi connectivity index (χ2n) is 7.06. The molecule has 26 heavy (non-hydrogen) atoms. The Morgan fingerprint density at radius 1 is 1.38 bits per heavy atom. The highest BCUT2D eigenvalue weighted by atomic mass is 16.5. The summed E-state index contributed by atoms with van der Waals surface area (Å²) in [7, 11) is 0. The first kappa shape index (κ1) is 16.9. The predicted molar refractivity (Wildman–Crippen MR) is 97.8 cm³/mol. The van der Waals surface area contributed by atoms with Crippen molar-refractivity contribution < 1.29 is 9.53 Å². The molecule has 1 aromatic carbocycles. The van der Waals surface area contributed by atoms with E-state index in [1.54, 1.807) is 11.4 Å². The van der Waals surface area contributed by atoms with Crippen LogP contribution in [0.4, 0.5) is 0 Å². The lowest BCUT2D eigenvalue weighted by atomic mass is 10.0. The number of amides is 1. The molecule has 1 unspecified atom stereocenters. The maximum absolute atomic E-state index is 12.2. The van der Waals surface area contributed by atoms with Crippen LogP contribution in [0.1, 0.15) is 36.5 Å². The van der Waals surface area contributed by atoms with Crippen molar-refractivity contribution in [1.29, 1.82) is 0 Å². The Hall–Kier alpha value is -2.54. The van der Waals surface area contributed by atoms with Crippen molar-refractivity contribution in [1.82, 2.24) is 24.9 Å². The van der Waals surface area contributed by atoms with Crippen molar-refractivity contribution in [3.05, 3.63) is 34.9 Å². The zero-order valence-corrected chi connectivity index (χ0v) is 15.4. The Morgan fingerprint density at radius 2 is 2.23 bits per heavy atom. The number of aromatic nitrogens is 4. The van der Waals surface area contributed by atoms with Gasteiger partial charge in [0.05, 0.1) is 11.6 Å². The van der Waals surface area contributed by atoms with Gasteiger partial charge in [0.15, 0.2) is 5.65 Å². The van der Waals surface area contributed by atoms with E-state index in [1.165, 1.54) is 5.56 Å². The van der Waals surface area contributed by atoms with Crippen molar-refractivity contribution in [2.75, 3.05) is 13.2 Å². The molecule has 3 aromatic rings. The number of aryl methyl sites for hydroxylation is 2. The molecule has 0 spiro atoms. The molecule has 1 fully saturated rings. The minimum absolute atomic E-state index is 0.0336. The highest BCUT2D eigenvalue weighted by Gasteiger charge is 2.22. The molecule has 2 aromatic heterocycles. The predicted octanol–water partition coefficient (Wildman–Crippen LogP) is 2.42. The van der Waals surface area contributed by atoms with Gasteiger partial charge in [-0.3, -0.25) is 4.79 Å². The summed E-state index contributed by atoms with van der Waals surface area (Å²) in [5.74, 6) is 0.0336. The van der Waals surface area contributed by atoms with Crippen molar-refractivity contribution >= 4 is 22.5 Å². The number of fused-ring (bicyclic) bond motifs is 3. The van der Waals surface area contributed by atoms with E-state index in [9.17, 15) is 4.79 Å². The Labute approximate surface area is 151 Å². The van der Waals surface area contributed by atoms with Crippen LogP contribution in [0.3, 0.4) is 0 Å². The molecule has 0 bridgehead atoms. The molecule has 4 rings (SSSR count). The summed E-state index contributed by atoms with van der Waals surface area (Å²) >= 11 is 0. The molecule has 0 radical (unpaired) electrons. The standard InChI is InChI=1S/C19H23N5O2/c1-12-6-7-15-9-16(19-20-21-22-24(19)18(15)13(12)2)10-23(14(3)25)11-17-5-4-8-26-17/h6-7,9,17H,4-5,8,10-11H2,1-3H3. The van der Waals surface area contributed by atoms with Crippen LogP contribution in [0.15, 0.2) is 18.2 Å². The molecular formula is C19H23N5O2. The topological polar surface area (TPSA) is 72.6 Å². The fraction of sp³-hybridized carbons (Fsp3) is 0.474. The number of ether oxygens (including phenoxy) is 1. The van der Waals surface area contributed by atoms with Gasteiger partial charge in [0.25, 0.3) is 0 Å². The summed E-state index contributed by atoms with van der Waals surface area (Å²) in [4.78, 5) is 14.0. The van der Waals surface area contributed by atoms with Crippen LogP contribution in [0.5, 0.6) is 0 Å². The van der Waals surface area contributed by atoms with Gasteiger partial charge in [0, 0.05) is 37.6 Å². The van der Waals surface area contributed by atoms with Gasteiger partial charge in [0.1, 0.15) is 0 Å². The van der Waals surface area contributed by atoms with Crippen molar-refractivity contribution in [2.45, 2.75) is 46.3 Å². The first-order valence-electron chi connectivity index (χ1n) is 9.01. The number of hydrogen-bond donors (Lipinski definition) is 0. The second kappa shape index (κ2) is 6.64. The van der Waals surface area contributed by atoms with E-state index in [0.717, 1.165) is 41.5 Å². The van der Waals surface area contributed by atoms with Gasteiger partial charge in [0.2, 0.25) is 5.91 Å². The molecule has 0 saturated carbocycles. The minimum atomic E-state index is 0.0336. The van der Waals surface area contributed by atoms with Crippen LogP contribution in [0.2, 0.25) is 0 Å². The Balaban J connectivity index is 1.76. The van der Waals surface area contributed by atoms with Crippen LogP contribution >= 0.6 is 0 Å². The second-order valence-corrected chi connectivity index (χ2v) is 7.06. The lowest BCUT2D eigenvalue weighted by Crippen LogP contribution is -2.35. The smallest absolute Gasteiger partial charge is 0.219 e. The molecule has 7 nitrogen and oxygen atoms in total. The molecule has 136 valence electrons. The summed E-state index contributed by atoms with van der Waals surface area (Å²) in [6.45, 7) is 7.62. The van der Waals surface area contributed by atoms with Gasteiger partial charge < -0.3 is 9.64 Å². The summed E-state index contributed by atoms with van der Waals surface area (Å²) in [5.41, 5.74) is 5.02. The van der Waals surface area contributed by atoms with Gasteiger partial charge in [-0.15, -0.1) is 5.10 Å². The number of rotatable bonds is 4. The number of nitrogens with zero attached hydrogens (tertiary/aromatic N) is 5. The molecule has 1 atom stereocenters. The van der Waals surface area contributed by atoms with Gasteiger partial charge in [-0.2, -0.15) is 4.52 Å². The number of benzene rings is 1. The van der Waals surface area contributed by atoms with Crippen molar-refractivity contribution in [2.24, 2.45) is 0 Å². The van der Waals surface area contributed by atoms with Crippen LogP contribution in [0, 0.1) is 13.8 Å². The molecule has 1 saturated heterocycles. The van der Waals surface area contributed by atoms with Crippen LogP contribution in [-0.2, 0) is 16.1 Å². The fourth-order valence-electron chi connectivity index (χ4n) is 3.67. The fourth-order valence-corrected chi connectivity index (χ4v) is 3.67. The highest BCUT2D eigenvalue weighted by molar-refractivity contribution is 5.86. The van der Waals surface area contributed by atoms with Gasteiger partial charge in [-0.05, 0) is 54.3 Å². The lowest BCUT2D eigenvalue weighted by molar-refractivity contribution is -0.131. The normalized spacial score (nSPS) is 17.3. The number of pyridine rings is 1. The lowest BCUT2D eigenvalue weighted by Gasteiger charge is -2.24. The monoisotopic (exact) mass is 353 g/mol. The molecule has 1 aliphatic heterocycles. The number of carbonyl (C=O) groups is 1. The SMILES string of the molecule is CC(=O)N(Cc1cc2ccc(C)c(C)c2n2nnnc12)CC1CCCO1. The highest BCUT2D eigenvalue weighted by Crippen LogP contribution is 2.25. The van der Waals surface area contributed by atoms with Crippen LogP contribution < -0.4 is 0 Å². The quantitative estimate of drug-likeness (QED) is 0.720. The van der Waals surface area contributed by atoms with Crippen LogP contribution in [-0.4, -0.2) is 50.1 Å². The van der Waals surface area contributed by atoms with Crippen LogP contribution in [0.25, 0.3) is 16.6 Å². The first-order chi connectivity index (χ1) is 12.5. The molecule has 0 N–H and O–H groups in total. The largest absolute Gasteiger partial charge is 0.376 e. The number of hydrogen-bond acceptors (Lipinski definition) is 5. The summed E-state index contributed by atoms with van der Waals surface area (Å²) in [6, 6.07) is 6.28. The van der Waals surface area contributed by atoms with E-state index in [0.29, 0.717) is 18.7 Å². The molecule has 3 heterocycles. The van der Waals surface area contributed by atoms with E-state index in [2.05, 4.69) is 47.6 Å². The van der Waals surface area contributed by atoms with E-state index >= 15 is 0 Å². The molecule has 1 amide bonds. The summed E-state index contributed by atoms with van der Waals surface area (Å²) in [5, 5.41) is 13.4. The molecule has 0 aliphatic carbocycles. The van der Waals surface area contributed by atoms with Gasteiger partial charge in [-0.25, -0.2) is 0 Å². The maximum atomic E-state index is 12.2. The molecule has 1 aliphatic rings. The third-order valence-electron chi connectivity index (χ3n) is 5.29. The average molecular weight is 353 g/mol. The number of tetrazole rings is 1. The zero-order valence-electron chi connectivity index (χ0n) is 15.4. The van der Waals surface area contributed by atoms with Gasteiger partial charge >= 0.3 is 0 Å². The molecule has 7 heteroatoms. The Morgan fingerprint density at radius 3 is 2.96 bits per heavy atom. The third-order valence-corrected chi connectivity index (χ3v) is 5.29.